The van der Waals surface area contributed by atoms with Crippen molar-refractivity contribution >= 4 is 37.4 Å². The molecule has 0 saturated carbocycles. The molecule has 0 saturated heterocycles. The number of rotatable bonds is 4. The Labute approximate surface area is 113 Å². The van der Waals surface area contributed by atoms with Crippen LogP contribution in [0.5, 0.6) is 0 Å². The molecule has 2 aromatic rings. The third-order valence-corrected chi connectivity index (χ3v) is 3.99. The fraction of sp³-hybridized carbons (Fsp3) is 0.300. The first-order valence-corrected chi connectivity index (χ1v) is 7.88. The molecule has 1 atom stereocenters. The topological polar surface area (TPSA) is 99.4 Å². The molecule has 0 bridgehead atoms. The number of hydrogen-bond acceptors (Lipinski definition) is 7. The second-order valence-electron chi connectivity index (χ2n) is 3.89. The molecule has 0 aliphatic heterocycles. The maximum atomic E-state index is 11.2. The van der Waals surface area contributed by atoms with Crippen molar-refractivity contribution < 1.29 is 17.5 Å². The van der Waals surface area contributed by atoms with E-state index >= 15 is 0 Å². The summed E-state index contributed by atoms with van der Waals surface area (Å²) in [4.78, 5) is 14.4. The van der Waals surface area contributed by atoms with Crippen LogP contribution in [0, 0.1) is 10.1 Å². The lowest BCUT2D eigenvalue weighted by molar-refractivity contribution is -0.386. The number of pyridine rings is 1. The molecule has 0 radical (unpaired) electrons. The molecule has 19 heavy (non-hydrogen) atoms. The third-order valence-electron chi connectivity index (χ3n) is 2.41. The quantitative estimate of drug-likeness (QED) is 0.488. The molecule has 0 spiro atoms. The summed E-state index contributed by atoms with van der Waals surface area (Å²) in [6.45, 7) is 1.46. The molecule has 2 aromatic heterocycles. The predicted molar refractivity (Wildman–Crippen MR) is 70.6 cm³/mol. The molecule has 7 nitrogen and oxygen atoms in total. The van der Waals surface area contributed by atoms with Crippen molar-refractivity contribution in [2.24, 2.45) is 0 Å². The molecule has 0 fully saturated rings. The van der Waals surface area contributed by atoms with Crippen molar-refractivity contribution in [2.75, 3.05) is 6.26 Å². The monoisotopic (exact) mass is 302 g/mol. The van der Waals surface area contributed by atoms with E-state index in [9.17, 15) is 18.5 Å². The zero-order valence-electron chi connectivity index (χ0n) is 10.1. The zero-order valence-corrected chi connectivity index (χ0v) is 11.7. The van der Waals surface area contributed by atoms with Gasteiger partial charge in [0.15, 0.2) is 0 Å². The fourth-order valence-corrected chi connectivity index (χ4v) is 3.36. The lowest BCUT2D eigenvalue weighted by Crippen LogP contribution is -2.10. The SMILES string of the molecule is CC(OS(C)(=O)=O)c1c([N+](=O)[O-])cnc2ccsc12. The van der Waals surface area contributed by atoms with E-state index in [1.165, 1.54) is 18.3 Å². The van der Waals surface area contributed by atoms with Crippen LogP contribution in [0.4, 0.5) is 5.69 Å². The minimum atomic E-state index is -3.70. The van der Waals surface area contributed by atoms with Crippen molar-refractivity contribution in [3.8, 4) is 0 Å². The van der Waals surface area contributed by atoms with Crippen molar-refractivity contribution in [2.45, 2.75) is 13.0 Å². The molecule has 1 unspecified atom stereocenters. The van der Waals surface area contributed by atoms with Crippen LogP contribution in [0.25, 0.3) is 10.2 Å². The Kier molecular flexibility index (Phi) is 3.52. The van der Waals surface area contributed by atoms with Gasteiger partial charge in [-0.05, 0) is 18.4 Å². The first kappa shape index (κ1) is 13.8. The van der Waals surface area contributed by atoms with Gasteiger partial charge in [-0.1, -0.05) is 0 Å². The standard InChI is InChI=1S/C10H10N2O5S2/c1-6(17-19(2,15)16)9-8(12(13)14)5-11-7-3-4-18-10(7)9/h3-6H,1-2H3. The average molecular weight is 302 g/mol. The van der Waals surface area contributed by atoms with Gasteiger partial charge in [-0.2, -0.15) is 8.42 Å². The minimum Gasteiger partial charge on any atom is -0.262 e. The lowest BCUT2D eigenvalue weighted by Gasteiger charge is -2.12. The number of thiophene rings is 1. The summed E-state index contributed by atoms with van der Waals surface area (Å²) in [7, 11) is -3.70. The van der Waals surface area contributed by atoms with Crippen LogP contribution < -0.4 is 0 Å². The molecular weight excluding hydrogens is 292 g/mol. The van der Waals surface area contributed by atoms with E-state index in [0.717, 1.165) is 12.5 Å². The van der Waals surface area contributed by atoms with Crippen LogP contribution in [0.2, 0.25) is 0 Å². The highest BCUT2D eigenvalue weighted by molar-refractivity contribution is 7.86. The van der Waals surface area contributed by atoms with E-state index < -0.39 is 21.1 Å². The van der Waals surface area contributed by atoms with Crippen LogP contribution in [0.15, 0.2) is 17.6 Å². The highest BCUT2D eigenvalue weighted by Gasteiger charge is 2.26. The molecule has 0 N–H and O–H groups in total. The normalized spacial score (nSPS) is 13.6. The Hall–Kier alpha value is -1.58. The maximum absolute atomic E-state index is 11.2. The molecule has 9 heteroatoms. The van der Waals surface area contributed by atoms with Gasteiger partial charge in [-0.3, -0.25) is 14.3 Å². The molecule has 2 rings (SSSR count). The minimum absolute atomic E-state index is 0.232. The summed E-state index contributed by atoms with van der Waals surface area (Å²) in [5, 5.41) is 12.8. The van der Waals surface area contributed by atoms with Gasteiger partial charge in [0.2, 0.25) is 0 Å². The van der Waals surface area contributed by atoms with Crippen LogP contribution in [0.3, 0.4) is 0 Å². The Morgan fingerprint density at radius 3 is 2.79 bits per heavy atom. The largest absolute Gasteiger partial charge is 0.294 e. The van der Waals surface area contributed by atoms with Gasteiger partial charge in [-0.15, -0.1) is 11.3 Å². The third kappa shape index (κ3) is 2.88. The van der Waals surface area contributed by atoms with Gasteiger partial charge in [0.25, 0.3) is 15.8 Å². The Morgan fingerprint density at radius 2 is 2.21 bits per heavy atom. The molecule has 0 amide bonds. The number of aromatic nitrogens is 1. The summed E-state index contributed by atoms with van der Waals surface area (Å²) < 4.78 is 27.7. The van der Waals surface area contributed by atoms with Crippen LogP contribution >= 0.6 is 11.3 Å². The van der Waals surface area contributed by atoms with Gasteiger partial charge in [-0.25, -0.2) is 4.98 Å². The first-order valence-electron chi connectivity index (χ1n) is 5.18. The Bertz CT molecular complexity index is 737. The summed E-state index contributed by atoms with van der Waals surface area (Å²) in [6.07, 6.45) is 1.08. The van der Waals surface area contributed by atoms with Crippen LogP contribution in [0.1, 0.15) is 18.6 Å². The van der Waals surface area contributed by atoms with E-state index in [4.69, 9.17) is 4.18 Å². The van der Waals surface area contributed by atoms with Crippen molar-refractivity contribution in [3.05, 3.63) is 33.3 Å². The maximum Gasteiger partial charge on any atom is 0.294 e. The number of hydrogen-bond donors (Lipinski definition) is 0. The highest BCUT2D eigenvalue weighted by atomic mass is 32.2. The van der Waals surface area contributed by atoms with Crippen molar-refractivity contribution in [3.63, 3.8) is 0 Å². The van der Waals surface area contributed by atoms with Gasteiger partial charge in [0, 0.05) is 0 Å². The van der Waals surface area contributed by atoms with Crippen LogP contribution in [-0.4, -0.2) is 24.6 Å². The second-order valence-corrected chi connectivity index (χ2v) is 6.41. The van der Waals surface area contributed by atoms with Crippen LogP contribution in [-0.2, 0) is 14.3 Å². The highest BCUT2D eigenvalue weighted by Crippen LogP contribution is 2.36. The summed E-state index contributed by atoms with van der Waals surface area (Å²) >= 11 is 1.26. The van der Waals surface area contributed by atoms with E-state index in [-0.39, 0.29) is 11.3 Å². The van der Waals surface area contributed by atoms with Gasteiger partial charge in [0.1, 0.15) is 12.3 Å². The molecule has 0 aliphatic rings. The number of nitrogens with zero attached hydrogens (tertiary/aromatic N) is 2. The van der Waals surface area contributed by atoms with E-state index in [0.29, 0.717) is 10.2 Å². The Morgan fingerprint density at radius 1 is 1.53 bits per heavy atom. The zero-order chi connectivity index (χ0) is 14.2. The summed E-state index contributed by atoms with van der Waals surface area (Å²) in [5.74, 6) is 0. The number of fused-ring (bicyclic) bond motifs is 1. The smallest absolute Gasteiger partial charge is 0.262 e. The second kappa shape index (κ2) is 4.83. The van der Waals surface area contributed by atoms with E-state index in [2.05, 4.69) is 4.98 Å². The molecule has 0 aromatic carbocycles. The summed E-state index contributed by atoms with van der Waals surface area (Å²) in [6, 6.07) is 1.71. The molecule has 2 heterocycles. The van der Waals surface area contributed by atoms with Gasteiger partial charge in [0.05, 0.1) is 27.0 Å². The van der Waals surface area contributed by atoms with E-state index in [1.807, 2.05) is 0 Å². The van der Waals surface area contributed by atoms with Gasteiger partial charge < -0.3 is 0 Å². The van der Waals surface area contributed by atoms with Crippen molar-refractivity contribution in [1.82, 2.24) is 4.98 Å². The Balaban J connectivity index is 2.64. The lowest BCUT2D eigenvalue weighted by atomic mass is 10.1. The molecular formula is C10H10N2O5S2. The average Bonchev–Trinajstić information content (AvgIpc) is 2.72. The predicted octanol–water partition coefficient (Wildman–Crippen LogP) is 2.24. The first-order chi connectivity index (χ1) is 8.79. The molecule has 102 valence electrons. The van der Waals surface area contributed by atoms with Gasteiger partial charge >= 0.3 is 0 Å². The van der Waals surface area contributed by atoms with E-state index in [1.54, 1.807) is 11.4 Å². The summed E-state index contributed by atoms with van der Waals surface area (Å²) in [5.41, 5.74) is 0.566. The fourth-order valence-electron chi connectivity index (χ4n) is 1.77. The number of nitro groups is 1. The molecule has 0 aliphatic carbocycles. The van der Waals surface area contributed by atoms with Crippen molar-refractivity contribution in [1.29, 1.82) is 0 Å².